The first-order valence-electron chi connectivity index (χ1n) is 10.5. The van der Waals surface area contributed by atoms with Crippen molar-refractivity contribution in [2.75, 3.05) is 6.54 Å². The molecule has 3 aromatic rings. The van der Waals surface area contributed by atoms with Gasteiger partial charge in [-0.3, -0.25) is 14.5 Å². The number of rotatable bonds is 6. The van der Waals surface area contributed by atoms with E-state index in [2.05, 4.69) is 5.32 Å². The summed E-state index contributed by atoms with van der Waals surface area (Å²) in [5, 5.41) is 2.44. The maximum absolute atomic E-state index is 13.1. The van der Waals surface area contributed by atoms with Crippen LogP contribution in [0.4, 0.5) is 18.0 Å². The monoisotopic (exact) mass is 473 g/mol. The summed E-state index contributed by atoms with van der Waals surface area (Å²) in [6.07, 6.45) is -3.06. The van der Waals surface area contributed by atoms with E-state index < -0.39 is 41.5 Å². The fourth-order valence-corrected chi connectivity index (χ4v) is 4.16. The van der Waals surface area contributed by atoms with Gasteiger partial charge in [0.15, 0.2) is 5.78 Å². The summed E-state index contributed by atoms with van der Waals surface area (Å²) in [7, 11) is 0. The van der Waals surface area contributed by atoms with Crippen LogP contribution in [0.1, 0.15) is 45.6 Å². The van der Waals surface area contributed by atoms with Gasteiger partial charge in [-0.25, -0.2) is 4.79 Å². The maximum atomic E-state index is 13.1. The lowest BCUT2D eigenvalue weighted by molar-refractivity contribution is -0.138. The highest BCUT2D eigenvalue weighted by Crippen LogP contribution is 2.34. The lowest BCUT2D eigenvalue weighted by atomic mass is 9.90. The van der Waals surface area contributed by atoms with Crippen molar-refractivity contribution in [1.29, 1.82) is 0 Å². The molecule has 1 unspecified atom stereocenters. The zero-order valence-electron chi connectivity index (χ0n) is 18.7. The first-order chi connectivity index (χ1) is 15.9. The number of ketones is 1. The lowest BCUT2D eigenvalue weighted by Gasteiger charge is -2.23. The van der Waals surface area contributed by atoms with Crippen molar-refractivity contribution in [3.05, 3.63) is 82.6 Å². The van der Waals surface area contributed by atoms with Crippen molar-refractivity contribution < 1.29 is 32.0 Å². The van der Waals surface area contributed by atoms with Crippen LogP contribution >= 0.6 is 0 Å². The number of nitrogens with zero attached hydrogens (tertiary/aromatic N) is 2. The molecule has 3 amide bonds. The Bertz CT molecular complexity index is 1280. The normalized spacial score (nSPS) is 18.5. The van der Waals surface area contributed by atoms with E-state index in [0.29, 0.717) is 23.6 Å². The molecule has 1 aromatic carbocycles. The van der Waals surface area contributed by atoms with Gasteiger partial charge in [0.25, 0.3) is 5.91 Å². The molecule has 3 heterocycles. The van der Waals surface area contributed by atoms with E-state index in [-0.39, 0.29) is 5.56 Å². The summed E-state index contributed by atoms with van der Waals surface area (Å²) in [4.78, 5) is 39.5. The minimum Gasteiger partial charge on any atom is -0.467 e. The van der Waals surface area contributed by atoms with E-state index in [0.717, 1.165) is 22.7 Å². The Hall–Kier alpha value is -3.82. The number of amides is 3. The van der Waals surface area contributed by atoms with Crippen LogP contribution in [-0.4, -0.2) is 33.7 Å². The number of carbonyl (C=O) groups is 3. The molecule has 1 aliphatic rings. The Morgan fingerprint density at radius 2 is 1.85 bits per heavy atom. The predicted molar refractivity (Wildman–Crippen MR) is 115 cm³/mol. The van der Waals surface area contributed by atoms with Crippen LogP contribution in [0, 0.1) is 13.8 Å². The fourth-order valence-electron chi connectivity index (χ4n) is 4.16. The van der Waals surface area contributed by atoms with Crippen molar-refractivity contribution in [1.82, 2.24) is 14.8 Å². The van der Waals surface area contributed by atoms with Gasteiger partial charge in [-0.1, -0.05) is 12.1 Å². The zero-order chi connectivity index (χ0) is 24.8. The topological polar surface area (TPSA) is 84.5 Å². The molecule has 2 aromatic heterocycles. The Labute approximate surface area is 193 Å². The largest absolute Gasteiger partial charge is 0.467 e. The maximum Gasteiger partial charge on any atom is 0.416 e. The Balaban J connectivity index is 1.57. The number of alkyl halides is 3. The second kappa shape index (κ2) is 8.19. The van der Waals surface area contributed by atoms with Crippen LogP contribution in [-0.2, 0) is 23.1 Å². The van der Waals surface area contributed by atoms with Gasteiger partial charge in [0.2, 0.25) is 0 Å². The molecule has 10 heteroatoms. The van der Waals surface area contributed by atoms with Gasteiger partial charge >= 0.3 is 12.2 Å². The number of nitrogens with one attached hydrogen (secondary N) is 1. The average Bonchev–Trinajstić information content (AvgIpc) is 3.45. The number of hydrogen-bond donors (Lipinski definition) is 1. The van der Waals surface area contributed by atoms with Crippen molar-refractivity contribution >= 4 is 17.7 Å². The van der Waals surface area contributed by atoms with Gasteiger partial charge in [-0.2, -0.15) is 13.2 Å². The third kappa shape index (κ3) is 4.00. The quantitative estimate of drug-likeness (QED) is 0.425. The number of hydrogen-bond acceptors (Lipinski definition) is 4. The molecule has 0 aliphatic carbocycles. The van der Waals surface area contributed by atoms with E-state index in [1.54, 1.807) is 25.3 Å². The van der Waals surface area contributed by atoms with Gasteiger partial charge in [0, 0.05) is 17.0 Å². The summed E-state index contributed by atoms with van der Waals surface area (Å²) in [6, 6.07) is 8.61. The summed E-state index contributed by atoms with van der Waals surface area (Å²) in [5.41, 5.74) is -0.902. The molecule has 1 saturated heterocycles. The molecule has 1 fully saturated rings. The second-order valence-corrected chi connectivity index (χ2v) is 8.40. The highest BCUT2D eigenvalue weighted by molar-refractivity contribution is 6.11. The number of furan rings is 1. The van der Waals surface area contributed by atoms with E-state index >= 15 is 0 Å². The summed E-state index contributed by atoms with van der Waals surface area (Å²) in [6.45, 7) is 4.77. The lowest BCUT2D eigenvalue weighted by Crippen LogP contribution is -2.41. The number of aromatic nitrogens is 1. The third-order valence-corrected chi connectivity index (χ3v) is 6.11. The van der Waals surface area contributed by atoms with Crippen LogP contribution in [0.2, 0.25) is 0 Å². The average molecular weight is 473 g/mol. The number of urea groups is 1. The van der Waals surface area contributed by atoms with Gasteiger partial charge in [-0.15, -0.1) is 0 Å². The number of aryl methyl sites for hydroxylation is 1. The SMILES string of the molecule is Cc1cc(C(=O)CN2C(=O)NC(C)(c3cccc(C(F)(F)F)c3)C2=O)c(C)n1Cc1ccco1. The number of Topliss-reactive ketones (excluding diaryl/α,β-unsaturated/α-hetero) is 1. The summed E-state index contributed by atoms with van der Waals surface area (Å²) < 4.78 is 46.7. The van der Waals surface area contributed by atoms with E-state index in [1.807, 2.05) is 17.6 Å². The molecule has 0 bridgehead atoms. The van der Waals surface area contributed by atoms with Crippen LogP contribution in [0.15, 0.2) is 53.1 Å². The van der Waals surface area contributed by atoms with Crippen LogP contribution < -0.4 is 5.32 Å². The van der Waals surface area contributed by atoms with E-state index in [1.165, 1.54) is 19.1 Å². The molecular formula is C24H22F3N3O4. The molecule has 0 spiro atoms. The first-order valence-corrected chi connectivity index (χ1v) is 10.5. The van der Waals surface area contributed by atoms with E-state index in [9.17, 15) is 27.6 Å². The molecular weight excluding hydrogens is 451 g/mol. The van der Waals surface area contributed by atoms with Gasteiger partial charge in [0.05, 0.1) is 24.9 Å². The number of carbonyl (C=O) groups excluding carboxylic acids is 3. The Morgan fingerprint density at radius 3 is 2.50 bits per heavy atom. The molecule has 7 nitrogen and oxygen atoms in total. The highest BCUT2D eigenvalue weighted by Gasteiger charge is 2.50. The fraction of sp³-hybridized carbons (Fsp3) is 0.292. The van der Waals surface area contributed by atoms with Crippen molar-refractivity contribution in [2.45, 2.75) is 39.0 Å². The van der Waals surface area contributed by atoms with Crippen LogP contribution in [0.25, 0.3) is 0 Å². The number of halogens is 3. The van der Waals surface area contributed by atoms with Crippen molar-refractivity contribution in [2.24, 2.45) is 0 Å². The third-order valence-electron chi connectivity index (χ3n) is 6.11. The highest BCUT2D eigenvalue weighted by atomic mass is 19.4. The molecule has 0 saturated carbocycles. The molecule has 34 heavy (non-hydrogen) atoms. The van der Waals surface area contributed by atoms with Crippen LogP contribution in [0.3, 0.4) is 0 Å². The predicted octanol–water partition coefficient (Wildman–Crippen LogP) is 4.41. The minimum atomic E-state index is -4.61. The smallest absolute Gasteiger partial charge is 0.416 e. The first kappa shape index (κ1) is 23.3. The number of imide groups is 1. The molecule has 1 atom stereocenters. The zero-order valence-corrected chi connectivity index (χ0v) is 18.7. The Kier molecular flexibility index (Phi) is 5.63. The molecule has 0 radical (unpaired) electrons. The summed E-state index contributed by atoms with van der Waals surface area (Å²) in [5.74, 6) is -0.558. The van der Waals surface area contributed by atoms with Crippen LogP contribution in [0.5, 0.6) is 0 Å². The Morgan fingerprint density at radius 1 is 1.12 bits per heavy atom. The molecule has 1 aliphatic heterocycles. The standard InChI is InChI=1S/C24H22F3N3O4/c1-14-10-19(15(2)29(14)12-18-8-5-9-34-18)20(31)13-30-21(32)23(3,28-22(30)33)16-6-4-7-17(11-16)24(25,26)27/h4-11H,12-13H2,1-3H3,(H,28,33). The number of benzene rings is 1. The molecule has 1 N–H and O–H groups in total. The molecule has 178 valence electrons. The van der Waals surface area contributed by atoms with Gasteiger partial charge in [-0.05, 0) is 56.7 Å². The van der Waals surface area contributed by atoms with Gasteiger partial charge < -0.3 is 14.3 Å². The second-order valence-electron chi connectivity index (χ2n) is 8.40. The summed E-state index contributed by atoms with van der Waals surface area (Å²) >= 11 is 0. The van der Waals surface area contributed by atoms with Gasteiger partial charge in [0.1, 0.15) is 11.3 Å². The van der Waals surface area contributed by atoms with Crippen molar-refractivity contribution in [3.63, 3.8) is 0 Å². The molecule has 4 rings (SSSR count). The van der Waals surface area contributed by atoms with E-state index in [4.69, 9.17) is 4.42 Å². The van der Waals surface area contributed by atoms with Crippen molar-refractivity contribution in [3.8, 4) is 0 Å². The minimum absolute atomic E-state index is 0.0211.